The van der Waals surface area contributed by atoms with Gasteiger partial charge in [0.25, 0.3) is 0 Å². The first kappa shape index (κ1) is 6.86. The summed E-state index contributed by atoms with van der Waals surface area (Å²) in [5.41, 5.74) is 0. The predicted molar refractivity (Wildman–Crippen MR) is 26.8 cm³/mol. The summed E-state index contributed by atoms with van der Waals surface area (Å²) in [7, 11) is 0. The largest absolute Gasteiger partial charge is 0.401 e. The van der Waals surface area contributed by atoms with Gasteiger partial charge in [0.05, 0.1) is 6.54 Å². The second kappa shape index (κ2) is 2.17. The normalized spacial score (nSPS) is 21.7. The first-order valence-corrected chi connectivity index (χ1v) is 2.69. The highest BCUT2D eigenvalue weighted by Gasteiger charge is 2.32. The fraction of sp³-hybridized carbons (Fsp3) is 0.800. The first-order valence-electron chi connectivity index (χ1n) is 2.69. The molecule has 0 spiro atoms. The third kappa shape index (κ3) is 2.22. The van der Waals surface area contributed by atoms with Gasteiger partial charge in [-0.15, -0.1) is 0 Å². The van der Waals surface area contributed by atoms with E-state index < -0.39 is 12.7 Å². The Bertz CT molecular complexity index is 94.9. The quantitative estimate of drug-likeness (QED) is 0.523. The standard InChI is InChI=1S/C5H7F3N/c6-5(7,8)4-9-2-1-3-9/h1H,2-4H2. The minimum atomic E-state index is -4.02. The molecule has 0 aromatic heterocycles. The molecule has 4 heteroatoms. The molecule has 0 bridgehead atoms. The fourth-order valence-corrected chi connectivity index (χ4v) is 0.694. The molecule has 0 N–H and O–H groups in total. The Morgan fingerprint density at radius 1 is 1.33 bits per heavy atom. The Morgan fingerprint density at radius 2 is 1.89 bits per heavy atom. The summed E-state index contributed by atoms with van der Waals surface area (Å²) in [5.74, 6) is 0. The van der Waals surface area contributed by atoms with Gasteiger partial charge in [0.15, 0.2) is 0 Å². The molecule has 1 aliphatic rings. The van der Waals surface area contributed by atoms with Crippen molar-refractivity contribution in [2.45, 2.75) is 6.18 Å². The van der Waals surface area contributed by atoms with Gasteiger partial charge >= 0.3 is 6.18 Å². The van der Waals surface area contributed by atoms with Gasteiger partial charge in [-0.1, -0.05) is 0 Å². The summed E-state index contributed by atoms with van der Waals surface area (Å²) < 4.78 is 34.4. The molecule has 0 atom stereocenters. The number of alkyl halides is 3. The molecule has 0 unspecified atom stereocenters. The van der Waals surface area contributed by atoms with Gasteiger partial charge in [-0.3, -0.25) is 4.90 Å². The van der Waals surface area contributed by atoms with Crippen molar-refractivity contribution < 1.29 is 13.2 Å². The van der Waals surface area contributed by atoms with Crippen LogP contribution in [0.15, 0.2) is 0 Å². The molecule has 0 aromatic rings. The van der Waals surface area contributed by atoms with Crippen molar-refractivity contribution in [1.29, 1.82) is 0 Å². The highest BCUT2D eigenvalue weighted by molar-refractivity contribution is 4.87. The van der Waals surface area contributed by atoms with Crippen LogP contribution in [0.2, 0.25) is 0 Å². The van der Waals surface area contributed by atoms with E-state index in [1.807, 2.05) is 6.42 Å². The molecule has 1 saturated heterocycles. The van der Waals surface area contributed by atoms with Crippen molar-refractivity contribution >= 4 is 0 Å². The van der Waals surface area contributed by atoms with Gasteiger partial charge in [-0.05, 0) is 6.42 Å². The Hall–Kier alpha value is -0.250. The SMILES string of the molecule is FC(F)(F)CN1C[CH]C1. The van der Waals surface area contributed by atoms with Crippen molar-refractivity contribution in [3.05, 3.63) is 6.42 Å². The maximum Gasteiger partial charge on any atom is 0.401 e. The van der Waals surface area contributed by atoms with Gasteiger partial charge in [0, 0.05) is 13.1 Å². The molecular weight excluding hydrogens is 131 g/mol. The number of nitrogens with zero attached hydrogens (tertiary/aromatic N) is 1. The molecule has 1 aliphatic heterocycles. The van der Waals surface area contributed by atoms with Crippen molar-refractivity contribution in [2.24, 2.45) is 0 Å². The van der Waals surface area contributed by atoms with E-state index in [-0.39, 0.29) is 0 Å². The summed E-state index contributed by atoms with van der Waals surface area (Å²) in [5, 5.41) is 0. The highest BCUT2D eigenvalue weighted by Crippen LogP contribution is 2.18. The van der Waals surface area contributed by atoms with E-state index in [1.54, 1.807) is 0 Å². The molecule has 0 aliphatic carbocycles. The van der Waals surface area contributed by atoms with Gasteiger partial charge in [-0.2, -0.15) is 13.2 Å². The van der Waals surface area contributed by atoms with E-state index in [4.69, 9.17) is 0 Å². The van der Waals surface area contributed by atoms with Gasteiger partial charge in [0.1, 0.15) is 0 Å². The smallest absolute Gasteiger partial charge is 0.294 e. The van der Waals surface area contributed by atoms with Crippen LogP contribution < -0.4 is 0 Å². The van der Waals surface area contributed by atoms with Crippen LogP contribution in [-0.2, 0) is 0 Å². The Labute approximate surface area is 51.4 Å². The van der Waals surface area contributed by atoms with Crippen LogP contribution in [-0.4, -0.2) is 30.7 Å². The number of likely N-dealkylation sites (tertiary alicyclic amines) is 1. The second-order valence-corrected chi connectivity index (χ2v) is 2.10. The van der Waals surface area contributed by atoms with E-state index in [0.717, 1.165) is 0 Å². The molecular formula is C5H7F3N. The maximum atomic E-state index is 11.5. The summed E-state index contributed by atoms with van der Waals surface area (Å²) in [6, 6.07) is 0. The maximum absolute atomic E-state index is 11.5. The van der Waals surface area contributed by atoms with Crippen molar-refractivity contribution in [2.75, 3.05) is 19.6 Å². The van der Waals surface area contributed by atoms with E-state index in [1.165, 1.54) is 4.90 Å². The molecule has 0 amide bonds. The van der Waals surface area contributed by atoms with E-state index in [2.05, 4.69) is 0 Å². The summed E-state index contributed by atoms with van der Waals surface area (Å²) in [6.07, 6.45) is -2.21. The van der Waals surface area contributed by atoms with E-state index >= 15 is 0 Å². The number of halogens is 3. The lowest BCUT2D eigenvalue weighted by molar-refractivity contribution is -0.148. The summed E-state index contributed by atoms with van der Waals surface area (Å²) in [4.78, 5) is 1.33. The van der Waals surface area contributed by atoms with Gasteiger partial charge < -0.3 is 0 Å². The first-order chi connectivity index (χ1) is 4.08. The lowest BCUT2D eigenvalue weighted by Gasteiger charge is -2.30. The number of hydrogen-bond acceptors (Lipinski definition) is 1. The minimum absolute atomic E-state index is 0.486. The van der Waals surface area contributed by atoms with Crippen LogP contribution >= 0.6 is 0 Å². The molecule has 9 heavy (non-hydrogen) atoms. The van der Waals surface area contributed by atoms with Gasteiger partial charge in [0.2, 0.25) is 0 Å². The third-order valence-electron chi connectivity index (χ3n) is 1.18. The number of hydrogen-bond donors (Lipinski definition) is 0. The van der Waals surface area contributed by atoms with Crippen LogP contribution in [0.5, 0.6) is 0 Å². The molecule has 53 valence electrons. The van der Waals surface area contributed by atoms with E-state index in [0.29, 0.717) is 13.1 Å². The Kier molecular flexibility index (Phi) is 1.66. The zero-order valence-corrected chi connectivity index (χ0v) is 4.78. The van der Waals surface area contributed by atoms with Crippen LogP contribution in [0.1, 0.15) is 0 Å². The topological polar surface area (TPSA) is 3.24 Å². The zero-order chi connectivity index (χ0) is 6.91. The third-order valence-corrected chi connectivity index (χ3v) is 1.18. The fourth-order valence-electron chi connectivity index (χ4n) is 0.694. The lowest BCUT2D eigenvalue weighted by atomic mass is 10.2. The van der Waals surface area contributed by atoms with Gasteiger partial charge in [-0.25, -0.2) is 0 Å². The molecule has 1 radical (unpaired) electrons. The lowest BCUT2D eigenvalue weighted by Crippen LogP contribution is -2.43. The molecule has 1 nitrogen and oxygen atoms in total. The van der Waals surface area contributed by atoms with Crippen molar-refractivity contribution in [3.8, 4) is 0 Å². The van der Waals surface area contributed by atoms with Crippen LogP contribution in [0.3, 0.4) is 0 Å². The molecule has 1 heterocycles. The molecule has 0 saturated carbocycles. The van der Waals surface area contributed by atoms with Crippen LogP contribution in [0.4, 0.5) is 13.2 Å². The Balaban J connectivity index is 2.16. The van der Waals surface area contributed by atoms with Crippen molar-refractivity contribution in [3.63, 3.8) is 0 Å². The van der Waals surface area contributed by atoms with Crippen molar-refractivity contribution in [1.82, 2.24) is 4.90 Å². The van der Waals surface area contributed by atoms with Crippen LogP contribution in [0.25, 0.3) is 0 Å². The Morgan fingerprint density at radius 3 is 2.00 bits per heavy atom. The predicted octanol–water partition coefficient (Wildman–Crippen LogP) is 1.07. The van der Waals surface area contributed by atoms with Crippen LogP contribution in [0, 0.1) is 6.42 Å². The zero-order valence-electron chi connectivity index (χ0n) is 4.78. The highest BCUT2D eigenvalue weighted by atomic mass is 19.4. The monoisotopic (exact) mass is 138 g/mol. The summed E-state index contributed by atoms with van der Waals surface area (Å²) in [6.45, 7) is 0.211. The molecule has 1 fully saturated rings. The molecule has 1 rings (SSSR count). The summed E-state index contributed by atoms with van der Waals surface area (Å²) >= 11 is 0. The van der Waals surface area contributed by atoms with E-state index in [9.17, 15) is 13.2 Å². The molecule has 0 aromatic carbocycles. The number of rotatable bonds is 1. The average Bonchev–Trinajstić information content (AvgIpc) is 1.53. The second-order valence-electron chi connectivity index (χ2n) is 2.10. The minimum Gasteiger partial charge on any atom is -0.294 e. The average molecular weight is 138 g/mol.